The first kappa shape index (κ1) is 19.4. The molecule has 1 heterocycles. The first-order chi connectivity index (χ1) is 12.4. The Bertz CT molecular complexity index is 674. The Kier molecular flexibility index (Phi) is 6.71. The van der Waals surface area contributed by atoms with E-state index in [1.807, 2.05) is 30.3 Å². The second-order valence-corrected chi connectivity index (χ2v) is 6.22. The summed E-state index contributed by atoms with van der Waals surface area (Å²) in [6.45, 7) is 3.20. The molecule has 3 amide bonds. The second-order valence-electron chi connectivity index (χ2n) is 6.22. The van der Waals surface area contributed by atoms with Crippen LogP contribution in [0.2, 0.25) is 0 Å². The van der Waals surface area contributed by atoms with Crippen LogP contribution >= 0.6 is 0 Å². The minimum absolute atomic E-state index is 0.128. The number of carbonyl (C=O) groups excluding carboxylic acids is 4. The summed E-state index contributed by atoms with van der Waals surface area (Å²) in [5.41, 5.74) is 0.823. The maximum Gasteiger partial charge on any atom is 0.416 e. The average molecular weight is 362 g/mol. The summed E-state index contributed by atoms with van der Waals surface area (Å²) in [5, 5.41) is 2.64. The Morgan fingerprint density at radius 3 is 2.50 bits per heavy atom. The van der Waals surface area contributed by atoms with Gasteiger partial charge < -0.3 is 14.8 Å². The molecule has 0 unspecified atom stereocenters. The molecule has 8 nitrogen and oxygen atoms in total. The van der Waals surface area contributed by atoms with E-state index in [4.69, 9.17) is 4.74 Å². The first-order valence-electron chi connectivity index (χ1n) is 8.35. The Labute approximate surface area is 151 Å². The molecule has 2 rings (SSSR count). The highest BCUT2D eigenvalue weighted by molar-refractivity contribution is 5.95. The van der Waals surface area contributed by atoms with Crippen LogP contribution in [-0.4, -0.2) is 54.6 Å². The number of ether oxygens (including phenoxy) is 2. The molecule has 1 saturated heterocycles. The zero-order chi connectivity index (χ0) is 19.1. The van der Waals surface area contributed by atoms with Gasteiger partial charge in [0.25, 0.3) is 5.91 Å². The lowest BCUT2D eigenvalue weighted by atomic mass is 10.0. The van der Waals surface area contributed by atoms with Crippen LogP contribution in [0, 0.1) is 5.92 Å². The Morgan fingerprint density at radius 2 is 1.92 bits per heavy atom. The normalized spacial score (nSPS) is 14.7. The largest absolute Gasteiger partial charge is 0.454 e. The SMILES string of the molecule is CC(C)[C@H](NC(=O)Cc1ccccc1)C(=O)OCC(=O)N1CCOC1=O. The van der Waals surface area contributed by atoms with Crippen LogP contribution < -0.4 is 5.32 Å². The van der Waals surface area contributed by atoms with E-state index in [2.05, 4.69) is 10.1 Å². The van der Waals surface area contributed by atoms with Crippen LogP contribution in [0.5, 0.6) is 0 Å². The van der Waals surface area contributed by atoms with Crippen molar-refractivity contribution in [1.29, 1.82) is 0 Å². The smallest absolute Gasteiger partial charge is 0.416 e. The summed E-state index contributed by atoms with van der Waals surface area (Å²) in [7, 11) is 0. The third-order valence-electron chi connectivity index (χ3n) is 3.84. The maximum absolute atomic E-state index is 12.2. The van der Waals surface area contributed by atoms with E-state index >= 15 is 0 Å². The summed E-state index contributed by atoms with van der Waals surface area (Å²) in [4.78, 5) is 48.5. The van der Waals surface area contributed by atoms with Crippen molar-refractivity contribution in [2.45, 2.75) is 26.3 Å². The molecule has 1 aromatic rings. The van der Waals surface area contributed by atoms with Crippen molar-refractivity contribution < 1.29 is 28.7 Å². The van der Waals surface area contributed by atoms with Gasteiger partial charge in [-0.05, 0) is 11.5 Å². The third kappa shape index (κ3) is 5.30. The lowest BCUT2D eigenvalue weighted by Gasteiger charge is -2.21. The van der Waals surface area contributed by atoms with Crippen LogP contribution in [0.3, 0.4) is 0 Å². The van der Waals surface area contributed by atoms with E-state index in [-0.39, 0.29) is 31.4 Å². The predicted octanol–water partition coefficient (Wildman–Crippen LogP) is 0.892. The van der Waals surface area contributed by atoms with E-state index in [9.17, 15) is 19.2 Å². The van der Waals surface area contributed by atoms with Crippen LogP contribution in [0.25, 0.3) is 0 Å². The van der Waals surface area contributed by atoms with Gasteiger partial charge in [0.1, 0.15) is 12.6 Å². The zero-order valence-corrected chi connectivity index (χ0v) is 14.8. The molecule has 0 bridgehead atoms. The van der Waals surface area contributed by atoms with E-state index in [1.54, 1.807) is 13.8 Å². The molecule has 0 radical (unpaired) electrons. The van der Waals surface area contributed by atoms with Gasteiger partial charge in [-0.3, -0.25) is 9.59 Å². The summed E-state index contributed by atoms with van der Waals surface area (Å²) in [6, 6.07) is 8.25. The van der Waals surface area contributed by atoms with Crippen molar-refractivity contribution in [3.8, 4) is 0 Å². The number of rotatable bonds is 7. The van der Waals surface area contributed by atoms with Crippen molar-refractivity contribution in [2.24, 2.45) is 5.92 Å². The Balaban J connectivity index is 1.87. The molecule has 140 valence electrons. The third-order valence-corrected chi connectivity index (χ3v) is 3.84. The fraction of sp³-hybridized carbons (Fsp3) is 0.444. The quantitative estimate of drug-likeness (QED) is 0.723. The molecule has 1 aliphatic heterocycles. The van der Waals surface area contributed by atoms with Gasteiger partial charge in [0.05, 0.1) is 13.0 Å². The van der Waals surface area contributed by atoms with Crippen molar-refractivity contribution in [3.63, 3.8) is 0 Å². The Morgan fingerprint density at radius 1 is 1.23 bits per heavy atom. The van der Waals surface area contributed by atoms with Gasteiger partial charge in [-0.1, -0.05) is 44.2 Å². The van der Waals surface area contributed by atoms with Crippen molar-refractivity contribution in [3.05, 3.63) is 35.9 Å². The number of imide groups is 1. The molecule has 1 fully saturated rings. The van der Waals surface area contributed by atoms with Gasteiger partial charge in [-0.2, -0.15) is 0 Å². The van der Waals surface area contributed by atoms with Gasteiger partial charge in [0, 0.05) is 0 Å². The number of nitrogens with zero attached hydrogens (tertiary/aromatic N) is 1. The summed E-state index contributed by atoms with van der Waals surface area (Å²) < 4.78 is 9.64. The van der Waals surface area contributed by atoms with Crippen molar-refractivity contribution in [1.82, 2.24) is 10.2 Å². The molecule has 1 aliphatic rings. The average Bonchev–Trinajstić information content (AvgIpc) is 3.04. The number of benzene rings is 1. The number of nitrogens with one attached hydrogen (secondary N) is 1. The standard InChI is InChI=1S/C18H22N2O6/c1-12(2)16(19-14(21)10-13-6-4-3-5-7-13)17(23)26-11-15(22)20-8-9-25-18(20)24/h3-7,12,16H,8-11H2,1-2H3,(H,19,21)/t16-/m0/s1. The van der Waals surface area contributed by atoms with Crippen molar-refractivity contribution in [2.75, 3.05) is 19.8 Å². The maximum atomic E-state index is 12.2. The molecular weight excluding hydrogens is 340 g/mol. The topological polar surface area (TPSA) is 102 Å². The molecule has 0 aliphatic carbocycles. The Hall–Kier alpha value is -2.90. The number of esters is 1. The molecule has 8 heteroatoms. The van der Waals surface area contributed by atoms with Gasteiger partial charge in [0.15, 0.2) is 6.61 Å². The zero-order valence-electron chi connectivity index (χ0n) is 14.8. The molecule has 0 spiro atoms. The minimum atomic E-state index is -0.885. The highest BCUT2D eigenvalue weighted by atomic mass is 16.6. The summed E-state index contributed by atoms with van der Waals surface area (Å²) in [6.07, 6.45) is -0.613. The molecule has 0 aromatic heterocycles. The van der Waals surface area contributed by atoms with Gasteiger partial charge in [-0.15, -0.1) is 0 Å². The van der Waals surface area contributed by atoms with E-state index < -0.39 is 30.6 Å². The summed E-state index contributed by atoms with van der Waals surface area (Å²) in [5.74, 6) is -1.92. The monoisotopic (exact) mass is 362 g/mol. The summed E-state index contributed by atoms with van der Waals surface area (Å²) >= 11 is 0. The second kappa shape index (κ2) is 8.98. The number of hydrogen-bond donors (Lipinski definition) is 1. The van der Waals surface area contributed by atoms with E-state index in [0.717, 1.165) is 10.5 Å². The van der Waals surface area contributed by atoms with Crippen molar-refractivity contribution >= 4 is 23.9 Å². The van der Waals surface area contributed by atoms with Gasteiger partial charge >= 0.3 is 12.1 Å². The highest BCUT2D eigenvalue weighted by Gasteiger charge is 2.31. The molecule has 1 aromatic carbocycles. The van der Waals surface area contributed by atoms with Gasteiger partial charge in [-0.25, -0.2) is 14.5 Å². The van der Waals surface area contributed by atoms with Crippen LogP contribution in [0.15, 0.2) is 30.3 Å². The number of carbonyl (C=O) groups is 4. The van der Waals surface area contributed by atoms with E-state index in [0.29, 0.717) is 0 Å². The first-order valence-corrected chi connectivity index (χ1v) is 8.35. The lowest BCUT2D eigenvalue weighted by Crippen LogP contribution is -2.47. The van der Waals surface area contributed by atoms with Gasteiger partial charge in [0.2, 0.25) is 5.91 Å². The fourth-order valence-electron chi connectivity index (χ4n) is 2.42. The van der Waals surface area contributed by atoms with Crippen LogP contribution in [-0.2, 0) is 30.3 Å². The highest BCUT2D eigenvalue weighted by Crippen LogP contribution is 2.08. The predicted molar refractivity (Wildman–Crippen MR) is 90.9 cm³/mol. The number of cyclic esters (lactones) is 1. The minimum Gasteiger partial charge on any atom is -0.454 e. The molecule has 1 N–H and O–H groups in total. The van der Waals surface area contributed by atoms with Crippen LogP contribution in [0.1, 0.15) is 19.4 Å². The van der Waals surface area contributed by atoms with E-state index in [1.165, 1.54) is 0 Å². The molecule has 0 saturated carbocycles. The molecule has 26 heavy (non-hydrogen) atoms. The fourth-order valence-corrected chi connectivity index (χ4v) is 2.42. The molecule has 1 atom stereocenters. The van der Waals surface area contributed by atoms with Crippen LogP contribution in [0.4, 0.5) is 4.79 Å². The lowest BCUT2D eigenvalue weighted by molar-refractivity contribution is -0.154. The number of amides is 3. The molecular formula is C18H22N2O6. The number of hydrogen-bond acceptors (Lipinski definition) is 6.